The fourth-order valence-corrected chi connectivity index (χ4v) is 3.26. The minimum absolute atomic E-state index is 0.0407. The number of para-hydroxylation sites is 1. The number of aliphatic hydroxyl groups excluding tert-OH is 1. The molecule has 8 heteroatoms. The summed E-state index contributed by atoms with van der Waals surface area (Å²) in [7, 11) is 1.60. The molecular weight excluding hydrogens is 387 g/mol. The van der Waals surface area contributed by atoms with Crippen LogP contribution in [0.25, 0.3) is 0 Å². The molecular formula is C21H22F3NO4. The van der Waals surface area contributed by atoms with Gasteiger partial charge in [0.25, 0.3) is 0 Å². The van der Waals surface area contributed by atoms with Crippen molar-refractivity contribution in [3.05, 3.63) is 59.7 Å². The topological polar surface area (TPSA) is 59.0 Å². The summed E-state index contributed by atoms with van der Waals surface area (Å²) >= 11 is 0. The summed E-state index contributed by atoms with van der Waals surface area (Å²) in [6.45, 7) is 0.340. The lowest BCUT2D eigenvalue weighted by molar-refractivity contribution is -0.137. The minimum atomic E-state index is -4.41. The highest BCUT2D eigenvalue weighted by Gasteiger charge is 2.31. The van der Waals surface area contributed by atoms with Crippen LogP contribution in [0.2, 0.25) is 0 Å². The molecule has 0 radical (unpaired) electrons. The number of benzene rings is 2. The third kappa shape index (κ3) is 5.20. The van der Waals surface area contributed by atoms with E-state index in [1.54, 1.807) is 7.05 Å². The zero-order valence-electron chi connectivity index (χ0n) is 15.9. The van der Waals surface area contributed by atoms with Crippen molar-refractivity contribution in [3.63, 3.8) is 0 Å². The van der Waals surface area contributed by atoms with Crippen LogP contribution in [0.1, 0.15) is 23.5 Å². The van der Waals surface area contributed by atoms with Crippen molar-refractivity contribution < 1.29 is 32.5 Å². The maximum absolute atomic E-state index is 12.8. The van der Waals surface area contributed by atoms with Gasteiger partial charge in [0.2, 0.25) is 5.91 Å². The first-order chi connectivity index (χ1) is 13.8. The van der Waals surface area contributed by atoms with Crippen LogP contribution in [-0.2, 0) is 11.0 Å². The Morgan fingerprint density at radius 3 is 2.62 bits per heavy atom. The number of carbonyl (C=O) groups is 1. The third-order valence-electron chi connectivity index (χ3n) is 4.74. The molecule has 1 aliphatic heterocycles. The summed E-state index contributed by atoms with van der Waals surface area (Å²) in [5.41, 5.74) is 0.0542. The molecule has 5 nitrogen and oxygen atoms in total. The fourth-order valence-electron chi connectivity index (χ4n) is 3.26. The number of carbonyl (C=O) groups excluding carboxylic acids is 1. The number of hydrogen-bond donors (Lipinski definition) is 1. The highest BCUT2D eigenvalue weighted by atomic mass is 19.4. The Hall–Kier alpha value is -2.74. The van der Waals surface area contributed by atoms with Gasteiger partial charge in [-0.1, -0.05) is 18.2 Å². The van der Waals surface area contributed by atoms with Crippen LogP contribution >= 0.6 is 0 Å². The normalized spacial score (nSPS) is 17.1. The number of ether oxygens (including phenoxy) is 2. The molecule has 0 saturated carbocycles. The summed E-state index contributed by atoms with van der Waals surface area (Å²) in [5.74, 6) is 0.434. The number of fused-ring (bicyclic) bond motifs is 1. The molecule has 1 heterocycles. The van der Waals surface area contributed by atoms with Crippen LogP contribution in [0.3, 0.4) is 0 Å². The van der Waals surface area contributed by atoms with Crippen molar-refractivity contribution in [1.82, 2.24) is 4.90 Å². The molecule has 2 aromatic rings. The Morgan fingerprint density at radius 1 is 1.24 bits per heavy atom. The number of aliphatic hydroxyl groups is 1. The Bertz CT molecular complexity index is 839. The molecule has 0 spiro atoms. The van der Waals surface area contributed by atoms with E-state index in [9.17, 15) is 23.1 Å². The number of hydrogen-bond acceptors (Lipinski definition) is 4. The number of likely N-dealkylation sites (N-methyl/N-ethyl adjacent to an activating group) is 1. The Balaban J connectivity index is 1.53. The van der Waals surface area contributed by atoms with E-state index >= 15 is 0 Å². The lowest BCUT2D eigenvalue weighted by Crippen LogP contribution is -2.40. The van der Waals surface area contributed by atoms with Crippen LogP contribution in [0.15, 0.2) is 48.5 Å². The Labute approximate surface area is 166 Å². The molecule has 2 atom stereocenters. The van der Waals surface area contributed by atoms with Gasteiger partial charge in [-0.25, -0.2) is 0 Å². The molecule has 2 unspecified atom stereocenters. The second-order valence-electron chi connectivity index (χ2n) is 6.93. The van der Waals surface area contributed by atoms with Gasteiger partial charge < -0.3 is 19.5 Å². The Morgan fingerprint density at radius 2 is 1.93 bits per heavy atom. The van der Waals surface area contributed by atoms with Crippen molar-refractivity contribution in [2.45, 2.75) is 24.6 Å². The van der Waals surface area contributed by atoms with E-state index in [0.717, 1.165) is 17.7 Å². The van der Waals surface area contributed by atoms with Gasteiger partial charge >= 0.3 is 6.18 Å². The van der Waals surface area contributed by atoms with E-state index in [-0.39, 0.29) is 30.7 Å². The second-order valence-corrected chi connectivity index (χ2v) is 6.93. The quantitative estimate of drug-likeness (QED) is 0.794. The largest absolute Gasteiger partial charge is 0.493 e. The SMILES string of the molecule is CN(CC(O)COc1ccc(C(F)(F)F)cc1)C(=O)C1CCOc2ccccc21. The molecule has 156 valence electrons. The lowest BCUT2D eigenvalue weighted by Gasteiger charge is -2.29. The van der Waals surface area contributed by atoms with E-state index in [1.807, 2.05) is 24.3 Å². The highest BCUT2D eigenvalue weighted by molar-refractivity contribution is 5.84. The average molecular weight is 409 g/mol. The van der Waals surface area contributed by atoms with Crippen molar-refractivity contribution in [2.75, 3.05) is 26.8 Å². The molecule has 0 fully saturated rings. The zero-order valence-corrected chi connectivity index (χ0v) is 15.9. The van der Waals surface area contributed by atoms with Gasteiger partial charge in [-0.3, -0.25) is 4.79 Å². The predicted octanol–water partition coefficient (Wildman–Crippen LogP) is 3.47. The number of rotatable bonds is 6. The molecule has 2 aromatic carbocycles. The van der Waals surface area contributed by atoms with Gasteiger partial charge in [0.1, 0.15) is 24.2 Å². The van der Waals surface area contributed by atoms with Crippen LogP contribution in [-0.4, -0.2) is 48.8 Å². The predicted molar refractivity (Wildman–Crippen MR) is 99.9 cm³/mol. The van der Waals surface area contributed by atoms with Gasteiger partial charge in [-0.2, -0.15) is 13.2 Å². The van der Waals surface area contributed by atoms with E-state index in [2.05, 4.69) is 0 Å². The first-order valence-electron chi connectivity index (χ1n) is 9.20. The Kier molecular flexibility index (Phi) is 6.32. The highest BCUT2D eigenvalue weighted by Crippen LogP contribution is 2.34. The summed E-state index contributed by atoms with van der Waals surface area (Å²) in [5, 5.41) is 10.2. The fraction of sp³-hybridized carbons (Fsp3) is 0.381. The van der Waals surface area contributed by atoms with Crippen LogP contribution in [0.5, 0.6) is 11.5 Å². The monoisotopic (exact) mass is 409 g/mol. The standard InChI is InChI=1S/C21H22F3NO4/c1-25(20(27)18-10-11-28-19-5-3-2-4-17(18)19)12-15(26)13-29-16-8-6-14(7-9-16)21(22,23)24/h2-9,15,18,26H,10-13H2,1H3. The summed E-state index contributed by atoms with van der Waals surface area (Å²) in [4.78, 5) is 14.3. The smallest absolute Gasteiger partial charge is 0.416 e. The van der Waals surface area contributed by atoms with Crippen LogP contribution in [0, 0.1) is 0 Å². The van der Waals surface area contributed by atoms with Gasteiger partial charge in [-0.05, 0) is 36.8 Å². The molecule has 3 rings (SSSR count). The molecule has 1 aliphatic rings. The average Bonchev–Trinajstić information content (AvgIpc) is 2.71. The number of amides is 1. The van der Waals surface area contributed by atoms with Gasteiger partial charge in [0.05, 0.1) is 18.1 Å². The first kappa shape index (κ1) is 21.0. The van der Waals surface area contributed by atoms with Crippen LogP contribution in [0.4, 0.5) is 13.2 Å². The van der Waals surface area contributed by atoms with Gasteiger partial charge in [0.15, 0.2) is 0 Å². The lowest BCUT2D eigenvalue weighted by atomic mass is 9.92. The molecule has 0 bridgehead atoms. The van der Waals surface area contributed by atoms with Gasteiger partial charge in [-0.15, -0.1) is 0 Å². The number of nitrogens with zero attached hydrogens (tertiary/aromatic N) is 1. The van der Waals surface area contributed by atoms with Gasteiger partial charge in [0, 0.05) is 19.2 Å². The molecule has 0 aliphatic carbocycles. The minimum Gasteiger partial charge on any atom is -0.493 e. The van der Waals surface area contributed by atoms with Crippen molar-refractivity contribution in [1.29, 1.82) is 0 Å². The van der Waals surface area contributed by atoms with Crippen molar-refractivity contribution in [2.24, 2.45) is 0 Å². The van der Waals surface area contributed by atoms with E-state index in [4.69, 9.17) is 9.47 Å². The zero-order chi connectivity index (χ0) is 21.0. The van der Waals surface area contributed by atoms with E-state index in [0.29, 0.717) is 18.8 Å². The van der Waals surface area contributed by atoms with Crippen LogP contribution < -0.4 is 9.47 Å². The maximum Gasteiger partial charge on any atom is 0.416 e. The molecule has 1 amide bonds. The molecule has 29 heavy (non-hydrogen) atoms. The molecule has 0 saturated heterocycles. The van der Waals surface area contributed by atoms with Crippen molar-refractivity contribution in [3.8, 4) is 11.5 Å². The number of halogens is 3. The third-order valence-corrected chi connectivity index (χ3v) is 4.74. The molecule has 1 N–H and O–H groups in total. The maximum atomic E-state index is 12.8. The molecule has 0 aromatic heterocycles. The van der Waals surface area contributed by atoms with E-state index < -0.39 is 17.8 Å². The van der Waals surface area contributed by atoms with Crippen molar-refractivity contribution >= 4 is 5.91 Å². The summed E-state index contributed by atoms with van der Waals surface area (Å²) in [6, 6.07) is 11.6. The number of alkyl halides is 3. The van der Waals surface area contributed by atoms with E-state index in [1.165, 1.54) is 17.0 Å². The first-order valence-corrected chi connectivity index (χ1v) is 9.20. The summed E-state index contributed by atoms with van der Waals surface area (Å²) in [6.07, 6.45) is -4.84. The second kappa shape index (κ2) is 8.73. The summed E-state index contributed by atoms with van der Waals surface area (Å²) < 4.78 is 48.6.